The number of carbonyl (C=O) groups is 1. The van der Waals surface area contributed by atoms with Crippen LogP contribution in [0.5, 0.6) is 5.75 Å². The van der Waals surface area contributed by atoms with Crippen LogP contribution in [0.25, 0.3) is 0 Å². The van der Waals surface area contributed by atoms with Gasteiger partial charge in [-0.25, -0.2) is 21.6 Å². The van der Waals surface area contributed by atoms with Crippen molar-refractivity contribution in [3.8, 4) is 5.75 Å². The maximum absolute atomic E-state index is 15.0. The number of carbonyl (C=O) groups excluding carboxylic acids is 1. The minimum atomic E-state index is -4.37. The fraction of sp³-hybridized carbons (Fsp3) is 0.242. The fourth-order valence-electron chi connectivity index (χ4n) is 5.30. The lowest BCUT2D eigenvalue weighted by atomic mass is 9.98. The number of benzene rings is 4. The van der Waals surface area contributed by atoms with E-state index in [9.17, 15) is 22.0 Å². The van der Waals surface area contributed by atoms with Gasteiger partial charge in [-0.2, -0.15) is 0 Å². The smallest absolute Gasteiger partial charge is 0.264 e. The van der Waals surface area contributed by atoms with Crippen molar-refractivity contribution >= 4 is 33.2 Å². The predicted molar refractivity (Wildman–Crippen MR) is 163 cm³/mol. The molecule has 1 atom stereocenters. The fourth-order valence-corrected chi connectivity index (χ4v) is 6.87. The van der Waals surface area contributed by atoms with Gasteiger partial charge >= 0.3 is 0 Å². The first-order valence-electron chi connectivity index (χ1n) is 14.1. The second-order valence-electron chi connectivity index (χ2n) is 10.5. The lowest BCUT2D eigenvalue weighted by Gasteiger charge is -2.36. The number of nitrogens with zero attached hydrogens (tertiary/aromatic N) is 2. The SMILES string of the molecule is O=C(c1cccc(F)c1)N1CCCCC1CCOc1ccccc1CN(c1cc(F)ccc1F)S(=O)(=O)c1ccc(Cl)cc1. The van der Waals surface area contributed by atoms with Gasteiger partial charge in [0.1, 0.15) is 23.2 Å². The first-order chi connectivity index (χ1) is 21.1. The molecule has 1 amide bonds. The second-order valence-corrected chi connectivity index (χ2v) is 12.8. The van der Waals surface area contributed by atoms with Crippen LogP contribution < -0.4 is 9.04 Å². The Morgan fingerprint density at radius 3 is 2.43 bits per heavy atom. The summed E-state index contributed by atoms with van der Waals surface area (Å²) in [5.74, 6) is -2.07. The minimum Gasteiger partial charge on any atom is -0.493 e. The van der Waals surface area contributed by atoms with E-state index in [0.717, 1.165) is 41.8 Å². The number of hydrogen-bond donors (Lipinski definition) is 0. The van der Waals surface area contributed by atoms with E-state index in [0.29, 0.717) is 29.3 Å². The molecule has 0 aliphatic carbocycles. The Hall–Kier alpha value is -4.02. The summed E-state index contributed by atoms with van der Waals surface area (Å²) >= 11 is 5.95. The quantitative estimate of drug-likeness (QED) is 0.179. The maximum atomic E-state index is 15.0. The zero-order valence-corrected chi connectivity index (χ0v) is 25.2. The molecule has 0 N–H and O–H groups in total. The summed E-state index contributed by atoms with van der Waals surface area (Å²) in [5, 5.41) is 0.320. The highest BCUT2D eigenvalue weighted by Gasteiger charge is 2.30. The molecule has 0 aromatic heterocycles. The molecule has 4 aromatic carbocycles. The Bertz CT molecular complexity index is 1740. The number of amides is 1. The molecule has 230 valence electrons. The number of likely N-dealkylation sites (tertiary alicyclic amines) is 1. The van der Waals surface area contributed by atoms with E-state index < -0.39 is 33.2 Å². The summed E-state index contributed by atoms with van der Waals surface area (Å²) in [6, 6.07) is 20.2. The Kier molecular flexibility index (Phi) is 9.80. The Labute approximate surface area is 259 Å². The number of hydrogen-bond acceptors (Lipinski definition) is 4. The summed E-state index contributed by atoms with van der Waals surface area (Å²) < 4.78 is 77.5. The van der Waals surface area contributed by atoms with Crippen LogP contribution in [-0.2, 0) is 16.6 Å². The summed E-state index contributed by atoms with van der Waals surface area (Å²) in [6.07, 6.45) is 3.03. The largest absolute Gasteiger partial charge is 0.493 e. The highest BCUT2D eigenvalue weighted by molar-refractivity contribution is 7.92. The van der Waals surface area contributed by atoms with Crippen LogP contribution in [0.3, 0.4) is 0 Å². The van der Waals surface area contributed by atoms with Gasteiger partial charge in [-0.05, 0) is 79.9 Å². The predicted octanol–water partition coefficient (Wildman–Crippen LogP) is 7.62. The number of rotatable bonds is 10. The number of sulfonamides is 1. The molecule has 11 heteroatoms. The molecule has 1 heterocycles. The number of halogens is 4. The molecule has 0 radical (unpaired) electrons. The Morgan fingerprint density at radius 2 is 1.66 bits per heavy atom. The molecule has 0 spiro atoms. The number of piperidine rings is 1. The van der Waals surface area contributed by atoms with Crippen molar-refractivity contribution in [2.75, 3.05) is 17.5 Å². The Morgan fingerprint density at radius 1 is 0.909 bits per heavy atom. The van der Waals surface area contributed by atoms with Crippen LogP contribution in [0, 0.1) is 17.5 Å². The van der Waals surface area contributed by atoms with Gasteiger partial charge in [0.25, 0.3) is 15.9 Å². The van der Waals surface area contributed by atoms with Crippen molar-refractivity contribution in [2.45, 2.75) is 43.2 Å². The topological polar surface area (TPSA) is 66.9 Å². The van der Waals surface area contributed by atoms with Crippen molar-refractivity contribution in [1.29, 1.82) is 0 Å². The minimum absolute atomic E-state index is 0.130. The van der Waals surface area contributed by atoms with E-state index in [-0.39, 0.29) is 35.6 Å². The first kappa shape index (κ1) is 31.4. The lowest BCUT2D eigenvalue weighted by Crippen LogP contribution is -2.44. The molecule has 0 saturated carbocycles. The van der Waals surface area contributed by atoms with Gasteiger partial charge in [0, 0.05) is 41.2 Å². The van der Waals surface area contributed by atoms with E-state index in [2.05, 4.69) is 0 Å². The normalized spacial score (nSPS) is 15.2. The molecule has 44 heavy (non-hydrogen) atoms. The highest BCUT2D eigenvalue weighted by atomic mass is 35.5. The third-order valence-corrected chi connectivity index (χ3v) is 9.56. The van der Waals surface area contributed by atoms with Crippen LogP contribution in [-0.4, -0.2) is 38.4 Å². The molecular weight excluding hydrogens is 613 g/mol. The third kappa shape index (κ3) is 7.19. The van der Waals surface area contributed by atoms with E-state index in [1.807, 2.05) is 0 Å². The average molecular weight is 643 g/mol. The number of para-hydroxylation sites is 1. The van der Waals surface area contributed by atoms with Crippen molar-refractivity contribution in [3.05, 3.63) is 125 Å². The molecule has 1 unspecified atom stereocenters. The molecule has 1 fully saturated rings. The number of anilines is 1. The van der Waals surface area contributed by atoms with Crippen LogP contribution in [0.2, 0.25) is 5.02 Å². The summed E-state index contributed by atoms with van der Waals surface area (Å²) in [7, 11) is -4.37. The van der Waals surface area contributed by atoms with E-state index in [1.165, 1.54) is 42.5 Å². The first-order valence-corrected chi connectivity index (χ1v) is 16.0. The highest BCUT2D eigenvalue weighted by Crippen LogP contribution is 2.32. The van der Waals surface area contributed by atoms with Crippen molar-refractivity contribution in [1.82, 2.24) is 4.90 Å². The van der Waals surface area contributed by atoms with Crippen LogP contribution in [0.1, 0.15) is 41.6 Å². The van der Waals surface area contributed by atoms with Crippen molar-refractivity contribution < 1.29 is 31.1 Å². The molecule has 6 nitrogen and oxygen atoms in total. The third-order valence-electron chi connectivity index (χ3n) is 7.53. The van der Waals surface area contributed by atoms with E-state index in [4.69, 9.17) is 16.3 Å². The zero-order valence-electron chi connectivity index (χ0n) is 23.6. The lowest BCUT2D eigenvalue weighted by molar-refractivity contribution is 0.0579. The molecular formula is C33H30ClF3N2O4S. The summed E-state index contributed by atoms with van der Waals surface area (Å²) in [6.45, 7) is 0.398. The van der Waals surface area contributed by atoms with Gasteiger partial charge in [-0.15, -0.1) is 0 Å². The monoisotopic (exact) mass is 642 g/mol. The van der Waals surface area contributed by atoms with Gasteiger partial charge in [-0.1, -0.05) is 35.9 Å². The van der Waals surface area contributed by atoms with Crippen LogP contribution in [0.15, 0.2) is 95.9 Å². The van der Waals surface area contributed by atoms with E-state index in [1.54, 1.807) is 35.2 Å². The van der Waals surface area contributed by atoms with Gasteiger partial charge < -0.3 is 9.64 Å². The maximum Gasteiger partial charge on any atom is 0.264 e. The molecule has 0 bridgehead atoms. The standard InChI is InChI=1S/C33H30ClF3N2O4S/c34-25-11-14-29(15-12-25)44(41,42)39(31-21-27(36)13-16-30(31)37)22-24-6-1-2-10-32(24)43-19-17-28-9-3-4-18-38(28)33(40)23-7-5-8-26(35)20-23/h1-2,5-8,10-16,20-21,28H,3-4,9,17-19,22H2. The van der Waals surface area contributed by atoms with Gasteiger partial charge in [0.05, 0.1) is 23.7 Å². The van der Waals surface area contributed by atoms with Gasteiger partial charge in [-0.3, -0.25) is 9.10 Å². The Balaban J connectivity index is 1.37. The molecule has 1 aliphatic rings. The van der Waals surface area contributed by atoms with Gasteiger partial charge in [0.15, 0.2) is 0 Å². The summed E-state index contributed by atoms with van der Waals surface area (Å²) in [5.41, 5.74) is 0.253. The van der Waals surface area contributed by atoms with Crippen molar-refractivity contribution in [2.24, 2.45) is 0 Å². The second kappa shape index (κ2) is 13.7. The molecule has 1 saturated heterocycles. The van der Waals surface area contributed by atoms with Crippen LogP contribution >= 0.6 is 11.6 Å². The van der Waals surface area contributed by atoms with Crippen LogP contribution in [0.4, 0.5) is 18.9 Å². The molecule has 1 aliphatic heterocycles. The zero-order chi connectivity index (χ0) is 31.3. The number of ether oxygens (including phenoxy) is 1. The molecule has 4 aromatic rings. The average Bonchev–Trinajstić information content (AvgIpc) is 3.02. The van der Waals surface area contributed by atoms with Crippen molar-refractivity contribution in [3.63, 3.8) is 0 Å². The molecule has 5 rings (SSSR count). The van der Waals surface area contributed by atoms with E-state index >= 15 is 4.39 Å². The summed E-state index contributed by atoms with van der Waals surface area (Å²) in [4.78, 5) is 14.8. The van der Waals surface area contributed by atoms with Gasteiger partial charge in [0.2, 0.25) is 0 Å².